The van der Waals surface area contributed by atoms with E-state index in [1.807, 2.05) is 4.57 Å². The summed E-state index contributed by atoms with van der Waals surface area (Å²) in [6.07, 6.45) is 1.79. The van der Waals surface area contributed by atoms with E-state index in [2.05, 4.69) is 24.8 Å². The molecular weight excluding hydrogens is 401 g/mol. The quantitative estimate of drug-likeness (QED) is 0.385. The van der Waals surface area contributed by atoms with Crippen LogP contribution < -0.4 is 27.4 Å². The lowest BCUT2D eigenvalue weighted by molar-refractivity contribution is -0.342. The molecular formula is C13H23ClN7O5P. The fourth-order valence-corrected chi connectivity index (χ4v) is 4.52. The van der Waals surface area contributed by atoms with Gasteiger partial charge in [-0.1, -0.05) is 0 Å². The number of imidazole rings is 1. The zero-order chi connectivity index (χ0) is 18.0. The first kappa shape index (κ1) is 21.9. The Morgan fingerprint density at radius 2 is 2.19 bits per heavy atom. The van der Waals surface area contributed by atoms with Crippen molar-refractivity contribution >= 4 is 36.4 Å². The van der Waals surface area contributed by atoms with Crippen LogP contribution in [0.4, 0.5) is 5.82 Å². The van der Waals surface area contributed by atoms with Crippen molar-refractivity contribution in [1.29, 1.82) is 0 Å². The molecule has 2 aromatic heterocycles. The number of halogens is 1. The monoisotopic (exact) mass is 423 g/mol. The molecule has 2 heterocycles. The van der Waals surface area contributed by atoms with Crippen molar-refractivity contribution in [2.24, 2.45) is 11.3 Å². The number of hydrogen-bond acceptors (Lipinski definition) is 9. The van der Waals surface area contributed by atoms with Gasteiger partial charge in [0, 0.05) is 18.5 Å². The van der Waals surface area contributed by atoms with E-state index in [9.17, 15) is 19.5 Å². The van der Waals surface area contributed by atoms with Crippen LogP contribution >= 0.6 is 19.4 Å². The molecule has 14 heteroatoms. The van der Waals surface area contributed by atoms with Crippen LogP contribution in [0.1, 0.15) is 18.9 Å². The zero-order valence-electron chi connectivity index (χ0n) is 15.1. The molecule has 2 saturated carbocycles. The van der Waals surface area contributed by atoms with Gasteiger partial charge in [-0.15, -0.1) is 0 Å². The molecule has 2 aromatic rings. The third kappa shape index (κ3) is 3.55. The van der Waals surface area contributed by atoms with E-state index < -0.39 is 19.3 Å². The number of phosphoric acid groups is 1. The van der Waals surface area contributed by atoms with Gasteiger partial charge < -0.3 is 46.2 Å². The van der Waals surface area contributed by atoms with Gasteiger partial charge >= 0.3 is 0 Å². The largest absolute Gasteiger partial charge is 0.790 e. The second-order valence-corrected chi connectivity index (χ2v) is 7.99. The minimum Gasteiger partial charge on any atom is -0.790 e. The lowest BCUT2D eigenvalue weighted by Crippen LogP contribution is -2.27. The molecule has 0 radical (unpaired) electrons. The third-order valence-electron chi connectivity index (χ3n) is 5.25. The van der Waals surface area contributed by atoms with Gasteiger partial charge in [0.15, 0.2) is 17.0 Å². The number of aliphatic hydroxyl groups is 1. The van der Waals surface area contributed by atoms with E-state index in [4.69, 9.17) is 11.6 Å². The number of anilines is 1. The van der Waals surface area contributed by atoms with Gasteiger partial charge in [0.2, 0.25) is 5.28 Å². The Balaban J connectivity index is 0.00000131. The summed E-state index contributed by atoms with van der Waals surface area (Å²) in [5, 5.41) is 13.4. The molecule has 0 bridgehead atoms. The Labute approximate surface area is 159 Å². The molecule has 2 aliphatic rings. The highest BCUT2D eigenvalue weighted by Gasteiger charge is 2.67. The number of quaternary nitrogens is 2. The predicted octanol–water partition coefficient (Wildman–Crippen LogP) is 0.431. The molecule has 27 heavy (non-hydrogen) atoms. The van der Waals surface area contributed by atoms with E-state index in [1.54, 1.807) is 13.4 Å². The maximum atomic E-state index is 10.8. The van der Waals surface area contributed by atoms with E-state index in [0.29, 0.717) is 29.8 Å². The van der Waals surface area contributed by atoms with Crippen LogP contribution in [0.3, 0.4) is 0 Å². The fraction of sp³-hybridized carbons (Fsp3) is 0.615. The number of aromatic nitrogens is 4. The van der Waals surface area contributed by atoms with Gasteiger partial charge in [-0.2, -0.15) is 9.97 Å². The Hall–Kier alpha value is -1.37. The molecule has 12 nitrogen and oxygen atoms in total. The second kappa shape index (κ2) is 7.22. The first-order valence-electron chi connectivity index (χ1n) is 7.67. The minimum absolute atomic E-state index is 0. The summed E-state index contributed by atoms with van der Waals surface area (Å²) in [4.78, 5) is 34.2. The molecule has 0 spiro atoms. The summed E-state index contributed by atoms with van der Waals surface area (Å²) >= 11 is 5.97. The molecule has 0 amide bonds. The highest BCUT2D eigenvalue weighted by atomic mass is 35.5. The molecule has 10 N–H and O–H groups in total. The van der Waals surface area contributed by atoms with E-state index in [1.165, 1.54) is 0 Å². The smallest absolute Gasteiger partial charge is 0.226 e. The number of nitrogens with zero attached hydrogens (tertiary/aromatic N) is 4. The van der Waals surface area contributed by atoms with Crippen LogP contribution in [0, 0.1) is 11.3 Å². The van der Waals surface area contributed by atoms with Crippen molar-refractivity contribution in [3.05, 3.63) is 11.6 Å². The fourth-order valence-electron chi connectivity index (χ4n) is 3.96. The second-order valence-electron chi connectivity index (χ2n) is 6.50. The van der Waals surface area contributed by atoms with Gasteiger partial charge in [-0.05, 0) is 30.4 Å². The summed E-state index contributed by atoms with van der Waals surface area (Å²) in [6, 6.07) is -0.142. The Morgan fingerprint density at radius 3 is 2.78 bits per heavy atom. The SMILES string of the molecule is CNc1nc(Cl)nc2c1ncn2[C@H]1C[C@H](O)[C@]2(COP(=O)([O-])[O-])C[C@H]12.[NH4+].[NH4+]. The molecule has 4 rings (SSSR count). The standard InChI is InChI=1S/C13H17ClN5O5P.2H3N/c1-15-10-9-11(18-12(14)17-10)19(5-16-9)7-2-8(20)13(3-6(7)13)4-24-25(21,22)23;;/h5-8,20H,2-4H2,1H3,(H,15,17,18)(H2,21,22,23);2*1H3/t6-,7+,8+,13+;;/m1../s1. The zero-order valence-corrected chi connectivity index (χ0v) is 16.8. The average molecular weight is 424 g/mol. The lowest BCUT2D eigenvalue weighted by atomic mass is 10.0. The topological polar surface area (TPSA) is 221 Å². The van der Waals surface area contributed by atoms with Crippen molar-refractivity contribution in [1.82, 2.24) is 31.8 Å². The highest BCUT2D eigenvalue weighted by Crippen LogP contribution is 2.68. The van der Waals surface area contributed by atoms with Crippen LogP contribution in [-0.4, -0.2) is 44.4 Å². The Kier molecular flexibility index (Phi) is 5.87. The van der Waals surface area contributed by atoms with Crippen LogP contribution in [0.25, 0.3) is 11.2 Å². The summed E-state index contributed by atoms with van der Waals surface area (Å²) < 4.78 is 17.0. The molecule has 152 valence electrons. The number of aliphatic hydroxyl groups excluding tert-OH is 1. The Bertz CT molecular complexity index is 891. The summed E-state index contributed by atoms with van der Waals surface area (Å²) in [5.41, 5.74) is 0.372. The van der Waals surface area contributed by atoms with Gasteiger partial charge in [-0.25, -0.2) is 4.98 Å². The molecule has 2 aliphatic carbocycles. The van der Waals surface area contributed by atoms with Crippen LogP contribution in [-0.2, 0) is 9.09 Å². The number of hydrogen-bond donors (Lipinski definition) is 4. The van der Waals surface area contributed by atoms with Crippen molar-refractivity contribution in [2.45, 2.75) is 25.0 Å². The van der Waals surface area contributed by atoms with Crippen molar-refractivity contribution in [3.63, 3.8) is 0 Å². The predicted molar refractivity (Wildman–Crippen MR) is 95.6 cm³/mol. The molecule has 0 unspecified atom stereocenters. The molecule has 0 aliphatic heterocycles. The number of fused-ring (bicyclic) bond motifs is 2. The van der Waals surface area contributed by atoms with Crippen molar-refractivity contribution in [2.75, 3.05) is 19.0 Å². The van der Waals surface area contributed by atoms with Crippen LogP contribution in [0.5, 0.6) is 0 Å². The summed E-state index contributed by atoms with van der Waals surface area (Å²) in [5.74, 6) is 0.467. The minimum atomic E-state index is -5.07. The first-order chi connectivity index (χ1) is 11.7. The van der Waals surface area contributed by atoms with Crippen molar-refractivity contribution < 1.29 is 24.0 Å². The summed E-state index contributed by atoms with van der Waals surface area (Å²) in [7, 11) is -3.38. The maximum Gasteiger partial charge on any atom is 0.226 e. The van der Waals surface area contributed by atoms with Crippen LogP contribution in [0.2, 0.25) is 5.28 Å². The number of rotatable bonds is 5. The van der Waals surface area contributed by atoms with Gasteiger partial charge in [0.1, 0.15) is 0 Å². The molecule has 0 saturated heterocycles. The third-order valence-corrected chi connectivity index (χ3v) is 5.87. The van der Waals surface area contributed by atoms with Gasteiger partial charge in [0.25, 0.3) is 0 Å². The lowest BCUT2D eigenvalue weighted by Gasteiger charge is -2.31. The van der Waals surface area contributed by atoms with Gasteiger partial charge in [0.05, 0.1) is 26.9 Å². The summed E-state index contributed by atoms with van der Waals surface area (Å²) in [6.45, 7) is -0.302. The van der Waals surface area contributed by atoms with E-state index in [0.717, 1.165) is 0 Å². The maximum absolute atomic E-state index is 10.8. The normalized spacial score (nSPS) is 29.0. The molecule has 0 aromatic carbocycles. The molecule has 2 fully saturated rings. The van der Waals surface area contributed by atoms with E-state index >= 15 is 0 Å². The van der Waals surface area contributed by atoms with Crippen LogP contribution in [0.15, 0.2) is 6.33 Å². The highest BCUT2D eigenvalue weighted by molar-refractivity contribution is 7.43. The van der Waals surface area contributed by atoms with Gasteiger partial charge in [-0.3, -0.25) is 0 Å². The Morgan fingerprint density at radius 1 is 1.48 bits per heavy atom. The number of nitrogens with one attached hydrogen (secondary N) is 1. The first-order valence-corrected chi connectivity index (χ1v) is 9.51. The number of phosphoric ester groups is 1. The van der Waals surface area contributed by atoms with Crippen molar-refractivity contribution in [3.8, 4) is 0 Å². The van der Waals surface area contributed by atoms with E-state index in [-0.39, 0.29) is 36.2 Å². The average Bonchev–Trinajstić information content (AvgIpc) is 3.03. The molecule has 4 atom stereocenters.